The summed E-state index contributed by atoms with van der Waals surface area (Å²) in [5.74, 6) is 0.228. The number of hydrogen-bond donors (Lipinski definition) is 2. The van der Waals surface area contributed by atoms with Crippen LogP contribution in [0.15, 0.2) is 103 Å². The predicted molar refractivity (Wildman–Crippen MR) is 201 cm³/mol. The van der Waals surface area contributed by atoms with Crippen molar-refractivity contribution >= 4 is 22.6 Å². The average Bonchev–Trinajstić information content (AvgIpc) is 3.38. The van der Waals surface area contributed by atoms with Crippen LogP contribution < -0.4 is 4.74 Å². The van der Waals surface area contributed by atoms with Gasteiger partial charge in [0.15, 0.2) is 5.78 Å². The van der Waals surface area contributed by atoms with Crippen molar-refractivity contribution in [2.45, 2.75) is 82.8 Å². The first-order valence-corrected chi connectivity index (χ1v) is 18.3. The van der Waals surface area contributed by atoms with Gasteiger partial charge in [0, 0.05) is 36.8 Å². The van der Waals surface area contributed by atoms with E-state index in [0.29, 0.717) is 68.6 Å². The van der Waals surface area contributed by atoms with Crippen LogP contribution in [-0.4, -0.2) is 65.5 Å². The second-order valence-corrected chi connectivity index (χ2v) is 14.8. The monoisotopic (exact) mass is 689 g/mol. The number of carbonyl (C=O) groups excluding carboxylic acids is 2. The molecule has 0 unspecified atom stereocenters. The van der Waals surface area contributed by atoms with Gasteiger partial charge in [-0.2, -0.15) is 0 Å². The van der Waals surface area contributed by atoms with Crippen LogP contribution in [0, 0.1) is 5.41 Å². The van der Waals surface area contributed by atoms with Crippen molar-refractivity contribution < 1.29 is 29.3 Å². The van der Waals surface area contributed by atoms with E-state index in [-0.39, 0.29) is 18.2 Å². The molecule has 0 aliphatic heterocycles. The van der Waals surface area contributed by atoms with Gasteiger partial charge in [-0.1, -0.05) is 91.4 Å². The van der Waals surface area contributed by atoms with E-state index in [1.165, 1.54) is 5.57 Å². The minimum absolute atomic E-state index is 0.0669. The minimum atomic E-state index is -1.27. The maximum atomic E-state index is 14.2. The quantitative estimate of drug-likeness (QED) is 0.104. The zero-order chi connectivity index (χ0) is 36.0. The molecule has 0 aromatic heterocycles. The van der Waals surface area contributed by atoms with Crippen LogP contribution in [0.2, 0.25) is 0 Å². The molecular weight excluding hydrogens is 638 g/mol. The Kier molecular flexibility index (Phi) is 11.4. The van der Waals surface area contributed by atoms with E-state index >= 15 is 0 Å². The first kappa shape index (κ1) is 36.5. The molecule has 4 aromatic carbocycles. The molecule has 2 bridgehead atoms. The Morgan fingerprint density at radius 3 is 2.47 bits per heavy atom. The number of ether oxygens (including phenoxy) is 2. The van der Waals surface area contributed by atoms with E-state index in [9.17, 15) is 19.8 Å². The first-order chi connectivity index (χ1) is 24.6. The summed E-state index contributed by atoms with van der Waals surface area (Å²) in [7, 11) is 1.64. The fraction of sp³-hybridized carbons (Fsp3) is 0.409. The maximum Gasteiger partial charge on any atom is 0.415 e. The molecule has 4 aromatic rings. The van der Waals surface area contributed by atoms with Gasteiger partial charge in [0.25, 0.3) is 0 Å². The van der Waals surface area contributed by atoms with Gasteiger partial charge in [-0.05, 0) is 104 Å². The Hall–Kier alpha value is -4.30. The lowest BCUT2D eigenvalue weighted by Crippen LogP contribution is -2.54. The zero-order valence-corrected chi connectivity index (χ0v) is 30.1. The number of hydrogen-bond acceptors (Lipinski definition) is 6. The van der Waals surface area contributed by atoms with E-state index in [0.717, 1.165) is 34.7 Å². The summed E-state index contributed by atoms with van der Waals surface area (Å²) in [6.45, 7) is 5.15. The lowest BCUT2D eigenvalue weighted by atomic mass is 9.64. The Bertz CT molecular complexity index is 1870. The van der Waals surface area contributed by atoms with Gasteiger partial charge in [0.1, 0.15) is 5.75 Å². The summed E-state index contributed by atoms with van der Waals surface area (Å²) >= 11 is 0. The molecule has 0 heterocycles. The molecule has 0 spiro atoms. The third kappa shape index (κ3) is 8.12. The lowest BCUT2D eigenvalue weighted by molar-refractivity contribution is -0.0795. The van der Waals surface area contributed by atoms with E-state index in [1.54, 1.807) is 18.1 Å². The summed E-state index contributed by atoms with van der Waals surface area (Å²) in [5.41, 5.74) is 2.29. The molecule has 1 fully saturated rings. The van der Waals surface area contributed by atoms with E-state index in [2.05, 4.69) is 19.9 Å². The van der Waals surface area contributed by atoms with Gasteiger partial charge in [0.2, 0.25) is 0 Å². The first-order valence-electron chi connectivity index (χ1n) is 18.3. The smallest absolute Gasteiger partial charge is 0.410 e. The highest BCUT2D eigenvalue weighted by Crippen LogP contribution is 2.59. The van der Waals surface area contributed by atoms with Gasteiger partial charge in [-0.25, -0.2) is 4.79 Å². The summed E-state index contributed by atoms with van der Waals surface area (Å²) in [4.78, 5) is 29.8. The Labute approximate surface area is 301 Å². The minimum Gasteiger partial charge on any atom is -0.410 e. The Morgan fingerprint density at radius 1 is 0.922 bits per heavy atom. The summed E-state index contributed by atoms with van der Waals surface area (Å²) < 4.78 is 11.3. The Balaban J connectivity index is 1.37. The van der Waals surface area contributed by atoms with E-state index in [4.69, 9.17) is 9.47 Å². The molecular formula is C44H51NO6. The number of allylic oxidation sites excluding steroid dienone is 2. The molecule has 4 atom stereocenters. The zero-order valence-electron chi connectivity index (χ0n) is 30.1. The second-order valence-electron chi connectivity index (χ2n) is 14.8. The largest absolute Gasteiger partial charge is 0.415 e. The van der Waals surface area contributed by atoms with Crippen LogP contribution >= 0.6 is 0 Å². The van der Waals surface area contributed by atoms with Crippen molar-refractivity contribution in [3.05, 3.63) is 125 Å². The third-order valence-electron chi connectivity index (χ3n) is 11.4. The molecule has 7 rings (SSSR count). The van der Waals surface area contributed by atoms with E-state index in [1.807, 2.05) is 84.9 Å². The molecule has 1 saturated carbocycles. The van der Waals surface area contributed by atoms with Crippen LogP contribution in [0.5, 0.6) is 5.75 Å². The van der Waals surface area contributed by atoms with Gasteiger partial charge >= 0.3 is 6.09 Å². The molecule has 51 heavy (non-hydrogen) atoms. The molecule has 268 valence electrons. The number of methoxy groups -OCH3 is 1. The van der Waals surface area contributed by atoms with Gasteiger partial charge < -0.3 is 24.6 Å². The van der Waals surface area contributed by atoms with Crippen LogP contribution in [0.3, 0.4) is 0 Å². The summed E-state index contributed by atoms with van der Waals surface area (Å²) in [6, 6.07) is 28.9. The van der Waals surface area contributed by atoms with Gasteiger partial charge in [0.05, 0.1) is 18.2 Å². The SMILES string of the molecule is COCCCN(C[C@]1(O)CC[C@H]2c3ccc(cc3C(=O)c3ccccc3)C[C@@H](O)CCC(C)=CCC[C@@]21C)C(=O)Oc1ccc2ccccc2c1. The maximum absolute atomic E-state index is 14.2. The van der Waals surface area contributed by atoms with E-state index < -0.39 is 23.2 Å². The van der Waals surface area contributed by atoms with Crippen molar-refractivity contribution in [1.82, 2.24) is 4.90 Å². The molecule has 7 heteroatoms. The number of fused-ring (bicyclic) bond motifs is 9. The average molecular weight is 690 g/mol. The number of carbonyl (C=O) groups is 2. The third-order valence-corrected chi connectivity index (χ3v) is 11.4. The van der Waals surface area contributed by atoms with Crippen molar-refractivity contribution in [2.24, 2.45) is 5.41 Å². The summed E-state index contributed by atoms with van der Waals surface area (Å²) in [5, 5.41) is 25.9. The fourth-order valence-electron chi connectivity index (χ4n) is 8.29. The number of rotatable bonds is 9. The lowest BCUT2D eigenvalue weighted by Gasteiger charge is -2.46. The molecule has 2 N–H and O–H groups in total. The highest BCUT2D eigenvalue weighted by atomic mass is 16.6. The number of amides is 1. The number of benzene rings is 4. The highest BCUT2D eigenvalue weighted by molar-refractivity contribution is 6.10. The molecule has 3 aliphatic carbocycles. The van der Waals surface area contributed by atoms with Crippen molar-refractivity contribution in [3.63, 3.8) is 0 Å². The normalized spacial score (nSPS) is 23.7. The highest BCUT2D eigenvalue weighted by Gasteiger charge is 2.57. The Morgan fingerprint density at radius 2 is 1.69 bits per heavy atom. The van der Waals surface area contributed by atoms with Crippen LogP contribution in [-0.2, 0) is 11.2 Å². The van der Waals surface area contributed by atoms with Crippen molar-refractivity contribution in [1.29, 1.82) is 0 Å². The number of ketones is 1. The van der Waals surface area contributed by atoms with Crippen molar-refractivity contribution in [2.75, 3.05) is 26.8 Å². The number of aliphatic hydroxyl groups excluding tert-OH is 1. The predicted octanol–water partition coefficient (Wildman–Crippen LogP) is 8.65. The van der Waals surface area contributed by atoms with Gasteiger partial charge in [-0.3, -0.25) is 4.79 Å². The molecule has 1 amide bonds. The standard InChI is InChI=1S/C44H51NO6/c1-31-11-9-23-43(2)40(38-21-17-32(27-36(46)19-16-31)28-39(38)41(47)34-13-5-4-6-14-34)22-24-44(43,49)30-45(25-10-26-50-3)42(48)51-37-20-18-33-12-7-8-15-35(33)29-37/h4-8,11-15,17-18,20-21,28-29,36,40,46,49H,9-10,16,19,22-27,30H2,1-3H3/t36-,40-,43-,44+/m0/s1. The topological polar surface area (TPSA) is 96.3 Å². The van der Waals surface area contributed by atoms with Crippen LogP contribution in [0.4, 0.5) is 4.79 Å². The molecule has 7 nitrogen and oxygen atoms in total. The van der Waals surface area contributed by atoms with Crippen molar-refractivity contribution in [3.8, 4) is 5.75 Å². The fourth-order valence-corrected chi connectivity index (χ4v) is 8.29. The van der Waals surface area contributed by atoms with Crippen LogP contribution in [0.25, 0.3) is 10.8 Å². The number of nitrogens with zero attached hydrogens (tertiary/aromatic N) is 1. The molecule has 3 aliphatic rings. The second kappa shape index (κ2) is 15.9. The summed E-state index contributed by atoms with van der Waals surface area (Å²) in [6.07, 6.45) is 6.14. The van der Waals surface area contributed by atoms with Crippen LogP contribution in [0.1, 0.15) is 91.8 Å². The molecule has 0 saturated heterocycles. The number of aliphatic hydroxyl groups is 2. The van der Waals surface area contributed by atoms with Gasteiger partial charge in [-0.15, -0.1) is 0 Å². The molecule has 0 radical (unpaired) electrons.